The molecule has 0 saturated carbocycles. The number of rotatable bonds is 9. The number of benzene rings is 2. The summed E-state index contributed by atoms with van der Waals surface area (Å²) in [6.45, 7) is 8.02. The van der Waals surface area contributed by atoms with E-state index in [1.54, 1.807) is 12.1 Å². The van der Waals surface area contributed by atoms with Crippen molar-refractivity contribution in [3.05, 3.63) is 69.3 Å². The maximum absolute atomic E-state index is 10.8. The molecule has 1 aliphatic heterocycles. The van der Waals surface area contributed by atoms with E-state index in [9.17, 15) is 10.1 Å². The molecule has 1 unspecified atom stereocenters. The van der Waals surface area contributed by atoms with E-state index in [-0.39, 0.29) is 5.69 Å². The number of hydrogen-bond acceptors (Lipinski definition) is 5. The molecule has 0 radical (unpaired) electrons. The highest BCUT2D eigenvalue weighted by Gasteiger charge is 2.17. The SMILES string of the molecule is CCNC(=NCc1ccc([N+](=O)[O-])cc1)NCc1ccc(C)cc1OCC1CCOC1. The molecule has 31 heavy (non-hydrogen) atoms. The number of guanidine groups is 1. The molecular formula is C23H30N4O4. The zero-order valence-electron chi connectivity index (χ0n) is 18.1. The molecule has 1 aliphatic rings. The number of non-ortho nitro benzene ring substituents is 1. The number of ether oxygens (including phenoxy) is 2. The lowest BCUT2D eigenvalue weighted by Crippen LogP contribution is -2.36. The fourth-order valence-corrected chi connectivity index (χ4v) is 3.28. The second-order valence-electron chi connectivity index (χ2n) is 7.62. The molecule has 1 fully saturated rings. The first-order valence-electron chi connectivity index (χ1n) is 10.6. The van der Waals surface area contributed by atoms with Crippen LogP contribution < -0.4 is 15.4 Å². The lowest BCUT2D eigenvalue weighted by molar-refractivity contribution is -0.384. The summed E-state index contributed by atoms with van der Waals surface area (Å²) >= 11 is 0. The highest BCUT2D eigenvalue weighted by Crippen LogP contribution is 2.22. The van der Waals surface area contributed by atoms with Crippen molar-refractivity contribution >= 4 is 11.6 Å². The maximum Gasteiger partial charge on any atom is 0.269 e. The lowest BCUT2D eigenvalue weighted by atomic mass is 10.1. The quantitative estimate of drug-likeness (QED) is 0.275. The number of hydrogen-bond donors (Lipinski definition) is 2. The molecule has 1 atom stereocenters. The topological polar surface area (TPSA) is 98.0 Å². The van der Waals surface area contributed by atoms with Crippen LogP contribution in [0.15, 0.2) is 47.5 Å². The third kappa shape index (κ3) is 6.96. The van der Waals surface area contributed by atoms with Crippen LogP contribution in [0.4, 0.5) is 5.69 Å². The average Bonchev–Trinajstić information content (AvgIpc) is 3.29. The van der Waals surface area contributed by atoms with E-state index >= 15 is 0 Å². The minimum Gasteiger partial charge on any atom is -0.493 e. The second-order valence-corrected chi connectivity index (χ2v) is 7.62. The molecule has 2 N–H and O–H groups in total. The van der Waals surface area contributed by atoms with Crippen LogP contribution in [-0.2, 0) is 17.8 Å². The first-order chi connectivity index (χ1) is 15.0. The van der Waals surface area contributed by atoms with Crippen molar-refractivity contribution in [2.45, 2.75) is 33.4 Å². The number of aliphatic imine (C=N–C) groups is 1. The lowest BCUT2D eigenvalue weighted by Gasteiger charge is -2.17. The van der Waals surface area contributed by atoms with E-state index in [0.29, 0.717) is 31.6 Å². The Morgan fingerprint density at radius 3 is 2.74 bits per heavy atom. The van der Waals surface area contributed by atoms with Crippen LogP contribution in [0, 0.1) is 23.0 Å². The Labute approximate surface area is 182 Å². The molecule has 2 aromatic rings. The number of aryl methyl sites for hydroxylation is 1. The van der Waals surface area contributed by atoms with Crippen molar-refractivity contribution in [3.8, 4) is 5.75 Å². The minimum absolute atomic E-state index is 0.0776. The van der Waals surface area contributed by atoms with Gasteiger partial charge in [-0.1, -0.05) is 24.3 Å². The molecule has 0 aliphatic carbocycles. The molecule has 8 heteroatoms. The zero-order valence-corrected chi connectivity index (χ0v) is 18.1. The van der Waals surface area contributed by atoms with Crippen molar-refractivity contribution in [1.82, 2.24) is 10.6 Å². The van der Waals surface area contributed by atoms with Crippen LogP contribution in [0.5, 0.6) is 5.75 Å². The van der Waals surface area contributed by atoms with Crippen LogP contribution in [-0.4, -0.2) is 37.2 Å². The van der Waals surface area contributed by atoms with Crippen LogP contribution in [0.1, 0.15) is 30.0 Å². The Hall–Kier alpha value is -3.13. The van der Waals surface area contributed by atoms with Gasteiger partial charge in [0.15, 0.2) is 5.96 Å². The predicted molar refractivity (Wildman–Crippen MR) is 120 cm³/mol. The molecule has 8 nitrogen and oxygen atoms in total. The van der Waals surface area contributed by atoms with Gasteiger partial charge in [0, 0.05) is 43.3 Å². The van der Waals surface area contributed by atoms with Gasteiger partial charge >= 0.3 is 0 Å². The van der Waals surface area contributed by atoms with Gasteiger partial charge in [0.25, 0.3) is 5.69 Å². The molecular weight excluding hydrogens is 396 g/mol. The van der Waals surface area contributed by atoms with Crippen LogP contribution in [0.3, 0.4) is 0 Å². The van der Waals surface area contributed by atoms with E-state index in [1.165, 1.54) is 12.1 Å². The summed E-state index contributed by atoms with van der Waals surface area (Å²) in [5, 5.41) is 17.4. The Bertz CT molecular complexity index is 893. The molecule has 0 aromatic heterocycles. The molecule has 166 valence electrons. The minimum atomic E-state index is -0.403. The van der Waals surface area contributed by atoms with Gasteiger partial charge in [-0.15, -0.1) is 0 Å². The van der Waals surface area contributed by atoms with Gasteiger partial charge in [0.2, 0.25) is 0 Å². The van der Waals surface area contributed by atoms with Crippen molar-refractivity contribution < 1.29 is 14.4 Å². The summed E-state index contributed by atoms with van der Waals surface area (Å²) in [6, 6.07) is 12.7. The smallest absolute Gasteiger partial charge is 0.269 e. The first kappa shape index (κ1) is 22.6. The van der Waals surface area contributed by atoms with E-state index < -0.39 is 4.92 Å². The Balaban J connectivity index is 1.62. The fraction of sp³-hybridized carbons (Fsp3) is 0.435. The number of nitrogens with zero attached hydrogens (tertiary/aromatic N) is 2. The predicted octanol–water partition coefficient (Wildman–Crippen LogP) is 3.57. The van der Waals surface area contributed by atoms with Gasteiger partial charge in [0.05, 0.1) is 24.7 Å². The van der Waals surface area contributed by atoms with Gasteiger partial charge in [-0.3, -0.25) is 10.1 Å². The Morgan fingerprint density at radius 1 is 1.26 bits per heavy atom. The normalized spacial score (nSPS) is 16.2. The summed E-state index contributed by atoms with van der Waals surface area (Å²) in [5.41, 5.74) is 3.19. The van der Waals surface area contributed by atoms with Crippen molar-refractivity contribution in [3.63, 3.8) is 0 Å². The van der Waals surface area contributed by atoms with Gasteiger partial charge < -0.3 is 20.1 Å². The van der Waals surface area contributed by atoms with Gasteiger partial charge in [-0.25, -0.2) is 4.99 Å². The molecule has 1 heterocycles. The van der Waals surface area contributed by atoms with Crippen molar-refractivity contribution in [1.29, 1.82) is 0 Å². The molecule has 0 bridgehead atoms. The molecule has 1 saturated heterocycles. The standard InChI is InChI=1S/C23H30N4O4/c1-3-24-23(25-13-18-5-8-21(9-6-18)27(28)29)26-14-20-7-4-17(2)12-22(20)31-16-19-10-11-30-15-19/h4-9,12,19H,3,10-11,13-16H2,1-2H3,(H2,24,25,26). The van der Waals surface area contributed by atoms with Crippen LogP contribution >= 0.6 is 0 Å². The van der Waals surface area contributed by atoms with E-state index in [0.717, 1.165) is 48.6 Å². The maximum atomic E-state index is 10.8. The van der Waals surface area contributed by atoms with E-state index in [2.05, 4.69) is 40.7 Å². The molecule has 0 spiro atoms. The molecule has 2 aromatic carbocycles. The van der Waals surface area contributed by atoms with E-state index in [4.69, 9.17) is 9.47 Å². The monoisotopic (exact) mass is 426 g/mol. The summed E-state index contributed by atoms with van der Waals surface area (Å²) in [4.78, 5) is 15.0. The fourth-order valence-electron chi connectivity index (χ4n) is 3.28. The molecule has 0 amide bonds. The summed E-state index contributed by atoms with van der Waals surface area (Å²) in [5.74, 6) is 2.00. The van der Waals surface area contributed by atoms with Gasteiger partial charge in [0.1, 0.15) is 5.75 Å². The van der Waals surface area contributed by atoms with Crippen LogP contribution in [0.25, 0.3) is 0 Å². The van der Waals surface area contributed by atoms with Gasteiger partial charge in [-0.2, -0.15) is 0 Å². The summed E-state index contributed by atoms with van der Waals surface area (Å²) in [7, 11) is 0. The molecule has 3 rings (SSSR count). The van der Waals surface area contributed by atoms with Crippen molar-refractivity contribution in [2.24, 2.45) is 10.9 Å². The first-order valence-corrected chi connectivity index (χ1v) is 10.6. The van der Waals surface area contributed by atoms with Gasteiger partial charge in [-0.05, 0) is 37.5 Å². The highest BCUT2D eigenvalue weighted by molar-refractivity contribution is 5.79. The average molecular weight is 427 g/mol. The zero-order chi connectivity index (χ0) is 22.1. The second kappa shape index (κ2) is 11.3. The largest absolute Gasteiger partial charge is 0.493 e. The number of nitro groups is 1. The number of nitro benzene ring substituents is 1. The summed E-state index contributed by atoms with van der Waals surface area (Å²) in [6.07, 6.45) is 1.04. The van der Waals surface area contributed by atoms with Crippen molar-refractivity contribution in [2.75, 3.05) is 26.4 Å². The third-order valence-corrected chi connectivity index (χ3v) is 5.08. The summed E-state index contributed by atoms with van der Waals surface area (Å²) < 4.78 is 11.6. The Kier molecular flexibility index (Phi) is 8.23. The Morgan fingerprint density at radius 2 is 2.06 bits per heavy atom. The highest BCUT2D eigenvalue weighted by atomic mass is 16.6. The third-order valence-electron chi connectivity index (χ3n) is 5.08. The van der Waals surface area contributed by atoms with E-state index in [1.807, 2.05) is 6.92 Å². The number of nitrogens with one attached hydrogen (secondary N) is 2. The van der Waals surface area contributed by atoms with Crippen LogP contribution in [0.2, 0.25) is 0 Å².